The molecule has 0 saturated heterocycles. The molecule has 1 atom stereocenters. The van der Waals surface area contributed by atoms with Crippen LogP contribution in [0.15, 0.2) is 58.3 Å². The van der Waals surface area contributed by atoms with Gasteiger partial charge in [0.05, 0.1) is 5.56 Å². The van der Waals surface area contributed by atoms with Crippen molar-refractivity contribution in [1.29, 1.82) is 0 Å². The van der Waals surface area contributed by atoms with E-state index in [0.717, 1.165) is 25.3 Å². The van der Waals surface area contributed by atoms with Crippen LogP contribution in [0.25, 0.3) is 0 Å². The first-order valence-electron chi connectivity index (χ1n) is 7.60. The lowest BCUT2D eigenvalue weighted by molar-refractivity contribution is 0.0426. The van der Waals surface area contributed by atoms with Gasteiger partial charge in [-0.05, 0) is 25.3 Å². The van der Waals surface area contributed by atoms with Gasteiger partial charge in [0.2, 0.25) is 0 Å². The first-order chi connectivity index (χ1) is 13.1. The molecule has 0 radical (unpaired) electrons. The Hall–Kier alpha value is -2.58. The zero-order valence-corrected chi connectivity index (χ0v) is 15.8. The first-order valence-corrected chi connectivity index (χ1v) is 10.4. The van der Waals surface area contributed by atoms with Gasteiger partial charge < -0.3 is 17.5 Å². The molecule has 0 amide bonds. The van der Waals surface area contributed by atoms with Gasteiger partial charge in [-0.2, -0.15) is 16.8 Å². The van der Waals surface area contributed by atoms with Crippen LogP contribution in [0.4, 0.5) is 0 Å². The highest BCUT2D eigenvalue weighted by Crippen LogP contribution is 2.31. The second-order valence-corrected chi connectivity index (χ2v) is 8.55. The smallest absolute Gasteiger partial charge is 0.614 e. The number of fused-ring (bicyclic) bond motifs is 1. The third-order valence-corrected chi connectivity index (χ3v) is 6.50. The highest BCUT2D eigenvalue weighted by atomic mass is 32.2. The minimum Gasteiger partial charge on any atom is -0.614 e. The van der Waals surface area contributed by atoms with Gasteiger partial charge >= 0.3 is 6.96 Å². The molecule has 0 aliphatic carbocycles. The van der Waals surface area contributed by atoms with Crippen molar-refractivity contribution in [3.8, 4) is 0 Å². The van der Waals surface area contributed by atoms with Crippen LogP contribution >= 0.6 is 0 Å². The molecule has 28 heavy (non-hydrogen) atoms. The fraction of sp³-hybridized carbons (Fsp3) is 0.0667. The summed E-state index contributed by atoms with van der Waals surface area (Å²) in [6.45, 7) is -4.10. The highest BCUT2D eigenvalue weighted by Gasteiger charge is 2.48. The summed E-state index contributed by atoms with van der Waals surface area (Å²) in [5.41, 5.74) is -0.659. The fourth-order valence-corrected chi connectivity index (χ4v) is 4.96. The molecular formula is C15H12BO10S2-. The maximum Gasteiger partial charge on any atom is 0.621 e. The van der Waals surface area contributed by atoms with Crippen LogP contribution in [-0.4, -0.2) is 43.2 Å². The quantitative estimate of drug-likeness (QED) is 0.499. The van der Waals surface area contributed by atoms with E-state index >= 15 is 0 Å². The summed E-state index contributed by atoms with van der Waals surface area (Å²) in [6.07, 6.45) is 0.259. The Balaban J connectivity index is 2.10. The summed E-state index contributed by atoms with van der Waals surface area (Å²) >= 11 is 0. The Labute approximate surface area is 160 Å². The van der Waals surface area contributed by atoms with Crippen LogP contribution in [0, 0.1) is 0 Å². The Morgan fingerprint density at radius 2 is 1.71 bits per heavy atom. The van der Waals surface area contributed by atoms with Crippen molar-refractivity contribution < 1.29 is 43.9 Å². The van der Waals surface area contributed by atoms with Crippen molar-refractivity contribution in [3.63, 3.8) is 0 Å². The topological polar surface area (TPSA) is 139 Å². The molecule has 0 saturated carbocycles. The maximum absolute atomic E-state index is 12.6. The monoisotopic (exact) mass is 427 g/mol. The Bertz CT molecular complexity index is 1160. The van der Waals surface area contributed by atoms with Crippen molar-refractivity contribution in [1.82, 2.24) is 0 Å². The second kappa shape index (κ2) is 7.11. The van der Waals surface area contributed by atoms with Crippen molar-refractivity contribution in [3.05, 3.63) is 59.7 Å². The van der Waals surface area contributed by atoms with Gasteiger partial charge in [0, 0.05) is 5.56 Å². The maximum atomic E-state index is 12.6. The van der Waals surface area contributed by atoms with E-state index in [0.29, 0.717) is 0 Å². The SMILES string of the molecule is CO[B-]1(OS(=O)(=O)c2ccccc2C=O)OC(=O)c2ccccc2S(=O)(=O)O1. The van der Waals surface area contributed by atoms with Crippen LogP contribution in [0.5, 0.6) is 0 Å². The summed E-state index contributed by atoms with van der Waals surface area (Å²) in [5.74, 6) is -1.24. The highest BCUT2D eigenvalue weighted by molar-refractivity contribution is 7.89. The molecule has 2 aromatic rings. The third kappa shape index (κ3) is 3.57. The van der Waals surface area contributed by atoms with Gasteiger partial charge in [-0.3, -0.25) is 9.59 Å². The van der Waals surface area contributed by atoms with Crippen molar-refractivity contribution >= 4 is 39.4 Å². The van der Waals surface area contributed by atoms with E-state index in [1.165, 1.54) is 30.3 Å². The zero-order chi connectivity index (χ0) is 20.6. The predicted octanol–water partition coefficient (Wildman–Crippen LogP) is 0.862. The van der Waals surface area contributed by atoms with Crippen LogP contribution in [0.2, 0.25) is 0 Å². The number of aldehydes is 1. The lowest BCUT2D eigenvalue weighted by Gasteiger charge is -2.35. The van der Waals surface area contributed by atoms with Crippen molar-refractivity contribution in [2.75, 3.05) is 7.11 Å². The van der Waals surface area contributed by atoms with E-state index < -0.39 is 48.5 Å². The van der Waals surface area contributed by atoms with Crippen LogP contribution in [-0.2, 0) is 37.7 Å². The molecule has 0 N–H and O–H groups in total. The zero-order valence-electron chi connectivity index (χ0n) is 14.2. The van der Waals surface area contributed by atoms with Crippen LogP contribution in [0.3, 0.4) is 0 Å². The van der Waals surface area contributed by atoms with Crippen molar-refractivity contribution in [2.45, 2.75) is 9.79 Å². The summed E-state index contributed by atoms with van der Waals surface area (Å²) in [4.78, 5) is 22.3. The van der Waals surface area contributed by atoms with E-state index in [1.807, 2.05) is 0 Å². The van der Waals surface area contributed by atoms with E-state index in [1.54, 1.807) is 0 Å². The van der Waals surface area contributed by atoms with E-state index in [4.69, 9.17) is 17.5 Å². The molecule has 2 aromatic carbocycles. The van der Waals surface area contributed by atoms with Gasteiger partial charge in [0.25, 0.3) is 26.2 Å². The Morgan fingerprint density at radius 1 is 1.07 bits per heavy atom. The Kier molecular flexibility index (Phi) is 5.12. The van der Waals surface area contributed by atoms with Gasteiger partial charge in [-0.25, -0.2) is 0 Å². The number of carbonyl (C=O) groups is 2. The average Bonchev–Trinajstić information content (AvgIpc) is 2.74. The average molecular weight is 427 g/mol. The van der Waals surface area contributed by atoms with Gasteiger partial charge in [-0.1, -0.05) is 30.3 Å². The molecule has 13 heteroatoms. The minimum absolute atomic E-state index is 0.259. The molecule has 148 valence electrons. The molecule has 3 rings (SSSR count). The molecule has 1 heterocycles. The molecule has 1 aliphatic heterocycles. The molecule has 0 spiro atoms. The van der Waals surface area contributed by atoms with E-state index in [-0.39, 0.29) is 11.8 Å². The lowest BCUT2D eigenvalue weighted by atomic mass is 10.1. The molecule has 1 aliphatic rings. The standard InChI is InChI=1S/C15H12BO10S2/c1-23-16(25-27(19,20)13-8-4-2-6-11(13)10-17)24-15(18)12-7-3-5-9-14(12)28(21,22)26-16/h2-10H,1H3/q-1. The number of benzene rings is 2. The summed E-state index contributed by atoms with van der Waals surface area (Å²) in [6, 6.07) is 9.88. The van der Waals surface area contributed by atoms with Crippen molar-refractivity contribution in [2.24, 2.45) is 0 Å². The second-order valence-electron chi connectivity index (χ2n) is 5.47. The van der Waals surface area contributed by atoms with E-state index in [9.17, 15) is 26.4 Å². The minimum atomic E-state index is -4.85. The predicted molar refractivity (Wildman–Crippen MR) is 93.0 cm³/mol. The lowest BCUT2D eigenvalue weighted by Crippen LogP contribution is -2.51. The molecule has 0 fully saturated rings. The van der Waals surface area contributed by atoms with Gasteiger partial charge in [0.15, 0.2) is 6.29 Å². The number of hydrogen-bond acceptors (Lipinski definition) is 10. The molecule has 1 unspecified atom stereocenters. The number of rotatable bonds is 5. The Morgan fingerprint density at radius 3 is 2.39 bits per heavy atom. The summed E-state index contributed by atoms with van der Waals surface area (Å²) in [7, 11) is -8.72. The first kappa shape index (κ1) is 20.2. The van der Waals surface area contributed by atoms with Crippen LogP contribution in [0.1, 0.15) is 20.7 Å². The number of carbonyl (C=O) groups excluding carboxylic acids is 2. The normalized spacial score (nSPS) is 21.2. The summed E-state index contributed by atoms with van der Waals surface area (Å²) in [5, 5.41) is 0. The van der Waals surface area contributed by atoms with E-state index in [2.05, 4.69) is 0 Å². The van der Waals surface area contributed by atoms with Crippen LogP contribution < -0.4 is 0 Å². The fourth-order valence-electron chi connectivity index (χ4n) is 2.45. The molecular weight excluding hydrogens is 415 g/mol. The molecule has 0 bridgehead atoms. The largest absolute Gasteiger partial charge is 0.621 e. The molecule has 10 nitrogen and oxygen atoms in total. The van der Waals surface area contributed by atoms with Gasteiger partial charge in [0.1, 0.15) is 9.79 Å². The van der Waals surface area contributed by atoms with Gasteiger partial charge in [-0.15, -0.1) is 0 Å². The third-order valence-electron chi connectivity index (χ3n) is 3.72. The summed E-state index contributed by atoms with van der Waals surface area (Å²) < 4.78 is 69.4. The molecule has 0 aromatic heterocycles. The number of hydrogen-bond donors (Lipinski definition) is 0.